The summed E-state index contributed by atoms with van der Waals surface area (Å²) in [5.41, 5.74) is 0.514. The van der Waals surface area contributed by atoms with Crippen LogP contribution in [0.5, 0.6) is 0 Å². The number of imide groups is 1. The van der Waals surface area contributed by atoms with Gasteiger partial charge in [-0.2, -0.15) is 0 Å². The highest BCUT2D eigenvalue weighted by molar-refractivity contribution is 7.11. The maximum atomic E-state index is 13.4. The molecule has 0 unspecified atom stereocenters. The quantitative estimate of drug-likeness (QED) is 0.859. The lowest BCUT2D eigenvalue weighted by Crippen LogP contribution is -2.38. The Labute approximate surface area is 141 Å². The number of nitrogens with zero attached hydrogens (tertiary/aromatic N) is 1. The second-order valence-electron chi connectivity index (χ2n) is 5.56. The summed E-state index contributed by atoms with van der Waals surface area (Å²) in [4.78, 5) is 27.1. The van der Waals surface area contributed by atoms with E-state index in [0.717, 1.165) is 17.0 Å². The van der Waals surface area contributed by atoms with Gasteiger partial charge in [-0.1, -0.05) is 6.07 Å². The Morgan fingerprint density at radius 2 is 1.83 bits per heavy atom. The van der Waals surface area contributed by atoms with Crippen LogP contribution in [-0.2, 0) is 9.59 Å². The third-order valence-corrected chi connectivity index (χ3v) is 4.48. The van der Waals surface area contributed by atoms with E-state index in [-0.39, 0.29) is 23.0 Å². The Bertz CT molecular complexity index is 844. The number of carbonyl (C=O) groups is 2. The number of halogens is 2. The largest absolute Gasteiger partial charge is 0.350 e. The van der Waals surface area contributed by atoms with Crippen molar-refractivity contribution in [3.8, 4) is 0 Å². The van der Waals surface area contributed by atoms with Gasteiger partial charge >= 0.3 is 0 Å². The molecule has 1 aromatic carbocycles. The number of rotatable bonds is 4. The zero-order chi connectivity index (χ0) is 17.4. The summed E-state index contributed by atoms with van der Waals surface area (Å²) in [5.74, 6) is -2.90. The zero-order valence-corrected chi connectivity index (χ0v) is 13.8. The lowest BCUT2D eigenvalue weighted by atomic mass is 10.2. The van der Waals surface area contributed by atoms with Crippen LogP contribution in [-0.4, -0.2) is 22.8 Å². The number of carbonyl (C=O) groups excluding carboxylic acids is 2. The van der Waals surface area contributed by atoms with E-state index >= 15 is 0 Å². The van der Waals surface area contributed by atoms with Gasteiger partial charge in [0.05, 0.1) is 5.57 Å². The first-order valence-corrected chi connectivity index (χ1v) is 8.16. The van der Waals surface area contributed by atoms with Gasteiger partial charge in [-0.05, 0) is 37.4 Å². The van der Waals surface area contributed by atoms with Crippen LogP contribution >= 0.6 is 11.3 Å². The van der Waals surface area contributed by atoms with E-state index < -0.39 is 23.4 Å². The third kappa shape index (κ3) is 2.71. The molecule has 7 heteroatoms. The molecule has 0 saturated heterocycles. The molecular formula is C17H14F2N2O2S. The van der Waals surface area contributed by atoms with Crippen LogP contribution in [0.1, 0.15) is 18.7 Å². The molecule has 4 nitrogen and oxygen atoms in total. The predicted octanol–water partition coefficient (Wildman–Crippen LogP) is 3.63. The Morgan fingerprint density at radius 3 is 2.42 bits per heavy atom. The maximum absolute atomic E-state index is 13.4. The number of anilines is 1. The predicted molar refractivity (Wildman–Crippen MR) is 88.2 cm³/mol. The highest BCUT2D eigenvalue weighted by atomic mass is 32.1. The first-order valence-electron chi connectivity index (χ1n) is 7.28. The van der Waals surface area contributed by atoms with Crippen molar-refractivity contribution in [3.63, 3.8) is 0 Å². The van der Waals surface area contributed by atoms with Crippen molar-refractivity contribution < 1.29 is 18.4 Å². The monoisotopic (exact) mass is 348 g/mol. The van der Waals surface area contributed by atoms with Crippen LogP contribution in [0.15, 0.2) is 41.4 Å². The Hall–Kier alpha value is -2.54. The molecule has 1 aliphatic heterocycles. The lowest BCUT2D eigenvalue weighted by Gasteiger charge is -2.19. The molecule has 1 aromatic heterocycles. The molecule has 0 atom stereocenters. The van der Waals surface area contributed by atoms with E-state index in [1.807, 2.05) is 0 Å². The number of hydrogen-bond acceptors (Lipinski definition) is 4. The average molecular weight is 348 g/mol. The Morgan fingerprint density at radius 1 is 1.08 bits per heavy atom. The topological polar surface area (TPSA) is 49.4 Å². The van der Waals surface area contributed by atoms with E-state index in [2.05, 4.69) is 5.32 Å². The summed E-state index contributed by atoms with van der Waals surface area (Å²) < 4.78 is 26.5. The van der Waals surface area contributed by atoms with Crippen LogP contribution in [0.4, 0.5) is 14.5 Å². The van der Waals surface area contributed by atoms with Gasteiger partial charge in [0.1, 0.15) is 5.70 Å². The normalized spacial score (nSPS) is 15.0. The van der Waals surface area contributed by atoms with Crippen LogP contribution in [0.3, 0.4) is 0 Å². The van der Waals surface area contributed by atoms with E-state index in [1.54, 1.807) is 31.4 Å². The molecule has 124 valence electrons. The smallest absolute Gasteiger partial charge is 0.278 e. The van der Waals surface area contributed by atoms with Crippen molar-refractivity contribution in [1.29, 1.82) is 0 Å². The molecule has 24 heavy (non-hydrogen) atoms. The fourth-order valence-corrected chi connectivity index (χ4v) is 3.27. The second-order valence-corrected chi connectivity index (χ2v) is 6.50. The summed E-state index contributed by atoms with van der Waals surface area (Å²) in [5, 5.41) is 4.58. The second kappa shape index (κ2) is 6.16. The molecule has 0 saturated carbocycles. The number of thiophene rings is 1. The number of amides is 2. The molecule has 2 heterocycles. The van der Waals surface area contributed by atoms with Gasteiger partial charge < -0.3 is 5.32 Å². The van der Waals surface area contributed by atoms with Gasteiger partial charge in [0, 0.05) is 22.7 Å². The van der Waals surface area contributed by atoms with Gasteiger partial charge in [-0.15, -0.1) is 11.3 Å². The number of nitrogens with one attached hydrogen (secondary N) is 1. The van der Waals surface area contributed by atoms with Crippen molar-refractivity contribution in [2.75, 3.05) is 5.32 Å². The lowest BCUT2D eigenvalue weighted by molar-refractivity contribution is -0.138. The van der Waals surface area contributed by atoms with Crippen LogP contribution in [0.25, 0.3) is 5.57 Å². The Balaban J connectivity index is 2.07. The number of hydrogen-bond donors (Lipinski definition) is 1. The van der Waals surface area contributed by atoms with Gasteiger partial charge in [0.25, 0.3) is 11.8 Å². The first kappa shape index (κ1) is 16.3. The van der Waals surface area contributed by atoms with Crippen LogP contribution in [0, 0.1) is 11.6 Å². The summed E-state index contributed by atoms with van der Waals surface area (Å²) >= 11 is 1.33. The SMILES string of the molecule is CC(C)N1C(=O)C(Nc2ccc(F)c(F)c2)=C(c2cccs2)C1=O. The molecule has 2 aromatic rings. The van der Waals surface area contributed by atoms with Crippen LogP contribution < -0.4 is 5.32 Å². The highest BCUT2D eigenvalue weighted by Gasteiger charge is 2.40. The molecule has 0 radical (unpaired) electrons. The molecule has 0 fully saturated rings. The molecular weight excluding hydrogens is 334 g/mol. The van der Waals surface area contributed by atoms with Crippen molar-refractivity contribution in [3.05, 3.63) is 57.9 Å². The molecule has 0 bridgehead atoms. The molecule has 1 aliphatic rings. The minimum absolute atomic E-state index is 0.0714. The molecule has 0 spiro atoms. The minimum atomic E-state index is -1.03. The standard InChI is InChI=1S/C17H14F2N2O2S/c1-9(2)21-16(22)14(13-4-3-7-24-13)15(17(21)23)20-10-5-6-11(18)12(19)8-10/h3-9,20H,1-2H3. The first-order chi connectivity index (χ1) is 11.4. The van der Waals surface area contributed by atoms with Gasteiger partial charge in [0.15, 0.2) is 11.6 Å². The fraction of sp³-hybridized carbons (Fsp3) is 0.176. The van der Waals surface area contributed by atoms with Crippen molar-refractivity contribution in [1.82, 2.24) is 4.90 Å². The summed E-state index contributed by atoms with van der Waals surface area (Å²) in [7, 11) is 0. The maximum Gasteiger partial charge on any atom is 0.278 e. The summed E-state index contributed by atoms with van der Waals surface area (Å²) in [6.07, 6.45) is 0. The van der Waals surface area contributed by atoms with E-state index in [0.29, 0.717) is 4.88 Å². The van der Waals surface area contributed by atoms with E-state index in [9.17, 15) is 18.4 Å². The summed E-state index contributed by atoms with van der Waals surface area (Å²) in [6, 6.07) is 6.42. The van der Waals surface area contributed by atoms with Gasteiger partial charge in [-0.25, -0.2) is 8.78 Å². The van der Waals surface area contributed by atoms with Gasteiger partial charge in [-0.3, -0.25) is 14.5 Å². The molecule has 3 rings (SSSR count). The Kier molecular flexibility index (Phi) is 4.19. The van der Waals surface area contributed by atoms with Gasteiger partial charge in [0.2, 0.25) is 0 Å². The summed E-state index contributed by atoms with van der Waals surface area (Å²) in [6.45, 7) is 3.48. The molecule has 1 N–H and O–H groups in total. The van der Waals surface area contributed by atoms with Crippen molar-refractivity contribution in [2.24, 2.45) is 0 Å². The van der Waals surface area contributed by atoms with Crippen LogP contribution in [0.2, 0.25) is 0 Å². The molecule has 0 aliphatic carbocycles. The number of benzene rings is 1. The molecule has 2 amide bonds. The minimum Gasteiger partial charge on any atom is -0.350 e. The van der Waals surface area contributed by atoms with E-state index in [1.165, 1.54) is 17.4 Å². The fourth-order valence-electron chi connectivity index (χ4n) is 2.50. The zero-order valence-electron chi connectivity index (χ0n) is 13.0. The van der Waals surface area contributed by atoms with E-state index in [4.69, 9.17) is 0 Å². The average Bonchev–Trinajstić information content (AvgIpc) is 3.10. The van der Waals surface area contributed by atoms with Crippen molar-refractivity contribution in [2.45, 2.75) is 19.9 Å². The van der Waals surface area contributed by atoms with Crippen molar-refractivity contribution >= 4 is 34.4 Å². The third-order valence-electron chi connectivity index (χ3n) is 3.59. The highest BCUT2D eigenvalue weighted by Crippen LogP contribution is 2.33.